The summed E-state index contributed by atoms with van der Waals surface area (Å²) in [5, 5.41) is 0. The molecule has 0 fully saturated rings. The first-order valence-electron chi connectivity index (χ1n) is 8.06. The topological polar surface area (TPSA) is 52.6 Å². The second kappa shape index (κ2) is 7.30. The molecule has 0 amide bonds. The van der Waals surface area contributed by atoms with Gasteiger partial charge in [-0.15, -0.1) is 0 Å². The van der Waals surface area contributed by atoms with E-state index in [0.29, 0.717) is 37.2 Å². The van der Waals surface area contributed by atoms with E-state index >= 15 is 0 Å². The molecule has 4 heteroatoms. The SMILES string of the molecule is CC(C)(C)COC(=O)C1=C(C(=O)OCC(C)(C)C)CCCC1. The van der Waals surface area contributed by atoms with E-state index in [9.17, 15) is 9.59 Å². The van der Waals surface area contributed by atoms with Gasteiger partial charge < -0.3 is 9.47 Å². The molecule has 0 radical (unpaired) electrons. The summed E-state index contributed by atoms with van der Waals surface area (Å²) in [5.41, 5.74) is 0.846. The predicted octanol–water partition coefficient (Wildman–Crippen LogP) is 4.04. The molecule has 0 saturated heterocycles. The van der Waals surface area contributed by atoms with E-state index in [1.807, 2.05) is 41.5 Å². The first-order chi connectivity index (χ1) is 9.99. The van der Waals surface area contributed by atoms with Crippen LogP contribution in [-0.4, -0.2) is 25.2 Å². The first-order valence-corrected chi connectivity index (χ1v) is 8.06. The maximum Gasteiger partial charge on any atom is 0.334 e. The summed E-state index contributed by atoms with van der Waals surface area (Å²) in [6.45, 7) is 12.7. The van der Waals surface area contributed by atoms with Crippen LogP contribution in [0.15, 0.2) is 11.1 Å². The molecular weight excluding hydrogens is 280 g/mol. The molecule has 0 aromatic heterocycles. The fourth-order valence-electron chi connectivity index (χ4n) is 2.09. The maximum atomic E-state index is 12.3. The standard InChI is InChI=1S/C18H30O4/c1-17(2,3)11-21-15(19)13-9-7-8-10-14(13)16(20)22-12-18(4,5)6/h7-12H2,1-6H3. The van der Waals surface area contributed by atoms with Crippen LogP contribution in [0, 0.1) is 10.8 Å². The van der Waals surface area contributed by atoms with Crippen molar-refractivity contribution in [3.05, 3.63) is 11.1 Å². The molecule has 1 aliphatic rings. The average molecular weight is 310 g/mol. The Morgan fingerprint density at radius 1 is 0.773 bits per heavy atom. The highest BCUT2D eigenvalue weighted by molar-refractivity contribution is 6.00. The molecule has 0 aromatic rings. The number of ether oxygens (including phenoxy) is 2. The molecule has 22 heavy (non-hydrogen) atoms. The number of esters is 2. The van der Waals surface area contributed by atoms with Crippen molar-refractivity contribution in [2.75, 3.05) is 13.2 Å². The summed E-state index contributed by atoms with van der Waals surface area (Å²) in [7, 11) is 0. The molecule has 0 atom stereocenters. The summed E-state index contributed by atoms with van der Waals surface area (Å²) in [5.74, 6) is -0.727. The van der Waals surface area contributed by atoms with Gasteiger partial charge in [-0.1, -0.05) is 41.5 Å². The summed E-state index contributed by atoms with van der Waals surface area (Å²) >= 11 is 0. The highest BCUT2D eigenvalue weighted by atomic mass is 16.5. The minimum Gasteiger partial charge on any atom is -0.462 e. The summed E-state index contributed by atoms with van der Waals surface area (Å²) < 4.78 is 10.7. The summed E-state index contributed by atoms with van der Waals surface area (Å²) in [6.07, 6.45) is 3.03. The maximum absolute atomic E-state index is 12.3. The van der Waals surface area contributed by atoms with Gasteiger partial charge in [0.15, 0.2) is 0 Å². The van der Waals surface area contributed by atoms with Crippen LogP contribution in [0.2, 0.25) is 0 Å². The summed E-state index contributed by atoms with van der Waals surface area (Å²) in [6, 6.07) is 0. The van der Waals surface area contributed by atoms with Crippen LogP contribution in [0.4, 0.5) is 0 Å². The number of carbonyl (C=O) groups is 2. The Kier molecular flexibility index (Phi) is 6.21. The second-order valence-electron chi connectivity index (χ2n) is 8.44. The van der Waals surface area contributed by atoms with Crippen molar-refractivity contribution in [3.8, 4) is 0 Å². The Morgan fingerprint density at radius 3 is 1.36 bits per heavy atom. The van der Waals surface area contributed by atoms with Crippen molar-refractivity contribution in [2.24, 2.45) is 10.8 Å². The molecule has 0 aromatic carbocycles. The zero-order valence-electron chi connectivity index (χ0n) is 14.9. The van der Waals surface area contributed by atoms with Gasteiger partial charge in [0.25, 0.3) is 0 Å². The Bertz CT molecular complexity index is 405. The van der Waals surface area contributed by atoms with Crippen LogP contribution in [0.1, 0.15) is 67.2 Å². The largest absolute Gasteiger partial charge is 0.462 e. The van der Waals surface area contributed by atoms with E-state index in [-0.39, 0.29) is 22.8 Å². The van der Waals surface area contributed by atoms with E-state index in [2.05, 4.69) is 0 Å². The van der Waals surface area contributed by atoms with Gasteiger partial charge in [0.1, 0.15) is 0 Å². The Hall–Kier alpha value is -1.32. The van der Waals surface area contributed by atoms with Crippen molar-refractivity contribution in [2.45, 2.75) is 67.2 Å². The molecule has 0 aliphatic heterocycles. The lowest BCUT2D eigenvalue weighted by Crippen LogP contribution is -2.25. The molecule has 0 saturated carbocycles. The molecule has 0 spiro atoms. The molecule has 0 N–H and O–H groups in total. The van der Waals surface area contributed by atoms with Gasteiger partial charge in [-0.25, -0.2) is 9.59 Å². The predicted molar refractivity (Wildman–Crippen MR) is 86.3 cm³/mol. The second-order valence-corrected chi connectivity index (χ2v) is 8.44. The van der Waals surface area contributed by atoms with Crippen molar-refractivity contribution in [3.63, 3.8) is 0 Å². The van der Waals surface area contributed by atoms with Gasteiger partial charge in [0.2, 0.25) is 0 Å². The van der Waals surface area contributed by atoms with Crippen molar-refractivity contribution < 1.29 is 19.1 Å². The third-order valence-corrected chi connectivity index (χ3v) is 3.23. The molecule has 0 unspecified atom stereocenters. The van der Waals surface area contributed by atoms with Gasteiger partial charge in [-0.05, 0) is 36.5 Å². The first kappa shape index (κ1) is 18.7. The Balaban J connectivity index is 2.79. The van der Waals surface area contributed by atoms with E-state index in [1.165, 1.54) is 0 Å². The number of hydrogen-bond donors (Lipinski definition) is 0. The number of hydrogen-bond acceptors (Lipinski definition) is 4. The van der Waals surface area contributed by atoms with Gasteiger partial charge in [-0.3, -0.25) is 0 Å². The highest BCUT2D eigenvalue weighted by Crippen LogP contribution is 2.28. The lowest BCUT2D eigenvalue weighted by Gasteiger charge is -2.23. The lowest BCUT2D eigenvalue weighted by atomic mass is 9.91. The zero-order chi connectivity index (χ0) is 17.0. The van der Waals surface area contributed by atoms with Gasteiger partial charge >= 0.3 is 11.9 Å². The lowest BCUT2D eigenvalue weighted by molar-refractivity contribution is -0.145. The molecular formula is C18H30O4. The zero-order valence-corrected chi connectivity index (χ0v) is 14.9. The summed E-state index contributed by atoms with van der Waals surface area (Å²) in [4.78, 5) is 24.5. The van der Waals surface area contributed by atoms with Crippen LogP contribution >= 0.6 is 0 Å². The fourth-order valence-corrected chi connectivity index (χ4v) is 2.09. The van der Waals surface area contributed by atoms with E-state index in [1.54, 1.807) is 0 Å². The minimum atomic E-state index is -0.364. The quantitative estimate of drug-likeness (QED) is 0.735. The third-order valence-electron chi connectivity index (χ3n) is 3.23. The van der Waals surface area contributed by atoms with Crippen molar-refractivity contribution in [1.82, 2.24) is 0 Å². The monoisotopic (exact) mass is 310 g/mol. The average Bonchev–Trinajstić information content (AvgIpc) is 2.40. The molecule has 0 bridgehead atoms. The van der Waals surface area contributed by atoms with Gasteiger partial charge in [-0.2, -0.15) is 0 Å². The normalized spacial score (nSPS) is 16.5. The van der Waals surface area contributed by atoms with E-state index in [0.717, 1.165) is 12.8 Å². The van der Waals surface area contributed by atoms with Crippen LogP contribution in [-0.2, 0) is 19.1 Å². The van der Waals surface area contributed by atoms with Crippen molar-refractivity contribution in [1.29, 1.82) is 0 Å². The fraction of sp³-hybridized carbons (Fsp3) is 0.778. The molecule has 1 rings (SSSR count). The van der Waals surface area contributed by atoms with Crippen molar-refractivity contribution >= 4 is 11.9 Å². The molecule has 4 nitrogen and oxygen atoms in total. The third kappa shape index (κ3) is 6.63. The molecule has 0 heterocycles. The molecule has 1 aliphatic carbocycles. The Labute approximate surface area is 134 Å². The number of carbonyl (C=O) groups excluding carboxylic acids is 2. The van der Waals surface area contributed by atoms with E-state index < -0.39 is 0 Å². The van der Waals surface area contributed by atoms with Crippen LogP contribution in [0.3, 0.4) is 0 Å². The van der Waals surface area contributed by atoms with Gasteiger partial charge in [0.05, 0.1) is 13.2 Å². The van der Waals surface area contributed by atoms with Crippen LogP contribution < -0.4 is 0 Å². The highest BCUT2D eigenvalue weighted by Gasteiger charge is 2.27. The minimum absolute atomic E-state index is 0.0855. The van der Waals surface area contributed by atoms with Crippen LogP contribution in [0.5, 0.6) is 0 Å². The van der Waals surface area contributed by atoms with Crippen LogP contribution in [0.25, 0.3) is 0 Å². The Morgan fingerprint density at radius 2 is 1.09 bits per heavy atom. The number of rotatable bonds is 4. The molecule has 126 valence electrons. The smallest absolute Gasteiger partial charge is 0.334 e. The van der Waals surface area contributed by atoms with Gasteiger partial charge in [0, 0.05) is 11.1 Å². The van der Waals surface area contributed by atoms with E-state index in [4.69, 9.17) is 9.47 Å².